The predicted octanol–water partition coefficient (Wildman–Crippen LogP) is 3.36. The molecule has 4 heterocycles. The van der Waals surface area contributed by atoms with E-state index < -0.39 is 0 Å². The van der Waals surface area contributed by atoms with Crippen molar-refractivity contribution in [1.29, 1.82) is 0 Å². The molecular weight excluding hydrogens is 418 g/mol. The Morgan fingerprint density at radius 2 is 1.82 bits per heavy atom. The van der Waals surface area contributed by atoms with E-state index in [0.29, 0.717) is 43.6 Å². The van der Waals surface area contributed by atoms with Crippen LogP contribution in [-0.4, -0.2) is 62.3 Å². The van der Waals surface area contributed by atoms with E-state index in [2.05, 4.69) is 30.2 Å². The molecule has 2 aliphatic rings. The van der Waals surface area contributed by atoms with Crippen LogP contribution in [0, 0.1) is 0 Å². The van der Waals surface area contributed by atoms with Crippen LogP contribution in [0.3, 0.4) is 0 Å². The van der Waals surface area contributed by atoms with E-state index in [0.717, 1.165) is 41.4 Å². The zero-order chi connectivity index (χ0) is 22.2. The van der Waals surface area contributed by atoms with Gasteiger partial charge >= 0.3 is 0 Å². The first kappa shape index (κ1) is 19.7. The third-order valence-corrected chi connectivity index (χ3v) is 6.14. The fourth-order valence-electron chi connectivity index (χ4n) is 4.05. The number of rotatable bonds is 5. The Balaban J connectivity index is 1.08. The molecule has 0 radical (unpaired) electrons. The van der Waals surface area contributed by atoms with Gasteiger partial charge in [0.05, 0.1) is 5.69 Å². The quantitative estimate of drug-likeness (QED) is 0.506. The summed E-state index contributed by atoms with van der Waals surface area (Å²) in [6, 6.07) is 15.6. The van der Waals surface area contributed by atoms with Crippen LogP contribution in [0.5, 0.6) is 0 Å². The second-order valence-electron chi connectivity index (χ2n) is 8.45. The lowest BCUT2D eigenvalue weighted by Crippen LogP contribution is -2.49. The van der Waals surface area contributed by atoms with Crippen LogP contribution in [0.4, 0.5) is 5.82 Å². The Morgan fingerprint density at radius 3 is 2.55 bits per heavy atom. The molecule has 0 spiro atoms. The van der Waals surface area contributed by atoms with Gasteiger partial charge in [-0.2, -0.15) is 10.1 Å². The number of hydrogen-bond acceptors (Lipinski definition) is 7. The van der Waals surface area contributed by atoms with Crippen molar-refractivity contribution in [2.45, 2.75) is 18.8 Å². The van der Waals surface area contributed by atoms with Crippen LogP contribution in [0.2, 0.25) is 0 Å². The molecule has 6 rings (SSSR count). The van der Waals surface area contributed by atoms with Gasteiger partial charge in [0, 0.05) is 49.4 Å². The number of nitrogens with zero attached hydrogens (tertiary/aromatic N) is 6. The van der Waals surface area contributed by atoms with E-state index in [1.807, 2.05) is 53.4 Å². The largest absolute Gasteiger partial charge is 0.353 e. The summed E-state index contributed by atoms with van der Waals surface area (Å²) in [6.45, 7) is 2.67. The molecule has 1 amide bonds. The number of aromatic nitrogens is 5. The van der Waals surface area contributed by atoms with Crippen molar-refractivity contribution >= 4 is 11.7 Å². The summed E-state index contributed by atoms with van der Waals surface area (Å²) in [7, 11) is 0. The highest BCUT2D eigenvalue weighted by atomic mass is 16.5. The van der Waals surface area contributed by atoms with Crippen LogP contribution in [0.15, 0.2) is 59.3 Å². The molecule has 9 heteroatoms. The summed E-state index contributed by atoms with van der Waals surface area (Å²) in [5.41, 5.74) is 3.11. The topological polar surface area (TPSA) is 104 Å². The minimum absolute atomic E-state index is 0.0313. The number of amides is 1. The van der Waals surface area contributed by atoms with Gasteiger partial charge in [-0.05, 0) is 31.0 Å². The Labute approximate surface area is 190 Å². The number of hydrogen-bond donors (Lipinski definition) is 1. The van der Waals surface area contributed by atoms with Gasteiger partial charge in [0.1, 0.15) is 11.5 Å². The molecule has 166 valence electrons. The second-order valence-corrected chi connectivity index (χ2v) is 8.45. The van der Waals surface area contributed by atoms with Crippen LogP contribution >= 0.6 is 0 Å². The van der Waals surface area contributed by atoms with E-state index in [4.69, 9.17) is 4.52 Å². The summed E-state index contributed by atoms with van der Waals surface area (Å²) < 4.78 is 5.34. The molecule has 33 heavy (non-hydrogen) atoms. The second kappa shape index (κ2) is 8.16. The number of carbonyl (C=O) groups excluding carboxylic acids is 1. The van der Waals surface area contributed by atoms with Gasteiger partial charge in [0.25, 0.3) is 5.91 Å². The number of anilines is 1. The van der Waals surface area contributed by atoms with Gasteiger partial charge in [0.15, 0.2) is 0 Å². The molecule has 1 aliphatic carbocycles. The van der Waals surface area contributed by atoms with Crippen LogP contribution in [0.1, 0.15) is 35.1 Å². The Kier molecular flexibility index (Phi) is 4.86. The SMILES string of the molecule is O=C(c1cc(-c2ccccc2)n[nH]1)N1CCN(c2ccc(-c3noc(C4CC4)n3)cn2)CC1. The third-order valence-electron chi connectivity index (χ3n) is 6.14. The summed E-state index contributed by atoms with van der Waals surface area (Å²) in [5, 5.41) is 11.3. The first-order chi connectivity index (χ1) is 16.2. The van der Waals surface area contributed by atoms with Gasteiger partial charge in [-0.25, -0.2) is 4.98 Å². The van der Waals surface area contributed by atoms with Gasteiger partial charge < -0.3 is 14.3 Å². The molecule has 1 saturated carbocycles. The van der Waals surface area contributed by atoms with Crippen LogP contribution in [-0.2, 0) is 0 Å². The highest BCUT2D eigenvalue weighted by molar-refractivity contribution is 5.93. The Hall–Kier alpha value is -4.01. The zero-order valence-electron chi connectivity index (χ0n) is 18.0. The van der Waals surface area contributed by atoms with Crippen molar-refractivity contribution in [3.05, 3.63) is 66.3 Å². The highest BCUT2D eigenvalue weighted by Gasteiger charge is 2.30. The fourth-order valence-corrected chi connectivity index (χ4v) is 4.05. The number of H-pyrrole nitrogens is 1. The van der Waals surface area contributed by atoms with Crippen molar-refractivity contribution in [3.63, 3.8) is 0 Å². The Morgan fingerprint density at radius 1 is 1.00 bits per heavy atom. The summed E-state index contributed by atoms with van der Waals surface area (Å²) in [6.07, 6.45) is 4.04. The lowest BCUT2D eigenvalue weighted by Gasteiger charge is -2.35. The molecule has 0 bridgehead atoms. The fraction of sp³-hybridized carbons (Fsp3) is 0.292. The minimum Gasteiger partial charge on any atom is -0.353 e. The number of benzene rings is 1. The number of nitrogens with one attached hydrogen (secondary N) is 1. The molecule has 9 nitrogen and oxygen atoms in total. The first-order valence-electron chi connectivity index (χ1n) is 11.2. The molecular formula is C24H23N7O2. The number of piperazine rings is 1. The van der Waals surface area contributed by atoms with Gasteiger partial charge in [0.2, 0.25) is 11.7 Å². The van der Waals surface area contributed by atoms with Gasteiger partial charge in [-0.1, -0.05) is 35.5 Å². The van der Waals surface area contributed by atoms with E-state index in [1.54, 1.807) is 6.20 Å². The standard InChI is InChI=1S/C24H23N7O2/c32-24(20-14-19(27-28-20)16-4-2-1-3-5-16)31-12-10-30(11-13-31)21-9-8-18(15-25-21)22-26-23(33-29-22)17-6-7-17/h1-5,8-9,14-15,17H,6-7,10-13H2,(H,27,28). The number of aromatic amines is 1. The molecule has 1 aromatic carbocycles. The smallest absolute Gasteiger partial charge is 0.272 e. The summed E-state index contributed by atoms with van der Waals surface area (Å²) in [5.74, 6) is 2.59. The lowest BCUT2D eigenvalue weighted by molar-refractivity contribution is 0.0740. The molecule has 1 N–H and O–H groups in total. The summed E-state index contributed by atoms with van der Waals surface area (Å²) >= 11 is 0. The summed E-state index contributed by atoms with van der Waals surface area (Å²) in [4.78, 5) is 26.1. The average molecular weight is 441 g/mol. The third kappa shape index (κ3) is 3.97. The van der Waals surface area contributed by atoms with E-state index >= 15 is 0 Å². The number of carbonyl (C=O) groups is 1. The molecule has 1 saturated heterocycles. The van der Waals surface area contributed by atoms with Gasteiger partial charge in [-0.3, -0.25) is 9.89 Å². The molecule has 4 aromatic rings. The predicted molar refractivity (Wildman–Crippen MR) is 122 cm³/mol. The molecule has 0 atom stereocenters. The minimum atomic E-state index is -0.0313. The lowest BCUT2D eigenvalue weighted by atomic mass is 10.1. The van der Waals surface area contributed by atoms with E-state index in [1.165, 1.54) is 0 Å². The van der Waals surface area contributed by atoms with Gasteiger partial charge in [-0.15, -0.1) is 0 Å². The van der Waals surface area contributed by atoms with Crippen molar-refractivity contribution in [3.8, 4) is 22.6 Å². The zero-order valence-corrected chi connectivity index (χ0v) is 18.0. The van der Waals surface area contributed by atoms with Crippen molar-refractivity contribution < 1.29 is 9.32 Å². The first-order valence-corrected chi connectivity index (χ1v) is 11.2. The van der Waals surface area contributed by atoms with E-state index in [-0.39, 0.29) is 5.91 Å². The van der Waals surface area contributed by atoms with Crippen molar-refractivity contribution in [1.82, 2.24) is 30.2 Å². The van der Waals surface area contributed by atoms with Crippen molar-refractivity contribution in [2.24, 2.45) is 0 Å². The average Bonchev–Trinajstić information content (AvgIpc) is 3.40. The number of pyridine rings is 1. The van der Waals surface area contributed by atoms with Crippen molar-refractivity contribution in [2.75, 3.05) is 31.1 Å². The van der Waals surface area contributed by atoms with E-state index in [9.17, 15) is 4.79 Å². The maximum absolute atomic E-state index is 12.9. The van der Waals surface area contributed by atoms with Crippen LogP contribution in [0.25, 0.3) is 22.6 Å². The van der Waals surface area contributed by atoms with Crippen LogP contribution < -0.4 is 4.90 Å². The maximum Gasteiger partial charge on any atom is 0.272 e. The molecule has 0 unspecified atom stereocenters. The maximum atomic E-state index is 12.9. The molecule has 1 aliphatic heterocycles. The monoisotopic (exact) mass is 441 g/mol. The molecule has 2 fully saturated rings. The highest BCUT2D eigenvalue weighted by Crippen LogP contribution is 2.39. The normalized spacial score (nSPS) is 16.2. The Bertz CT molecular complexity index is 1250. The molecule has 3 aromatic heterocycles.